The van der Waals surface area contributed by atoms with Gasteiger partial charge in [-0.1, -0.05) is 19.6 Å². The van der Waals surface area contributed by atoms with Gasteiger partial charge < -0.3 is 4.18 Å². The molecular formula is C9H11BrF3NO3SSi. The fraction of sp³-hybridized carbons (Fsp3) is 0.444. The van der Waals surface area contributed by atoms with Crippen LogP contribution in [0.4, 0.5) is 13.2 Å². The first-order chi connectivity index (χ1) is 8.34. The molecule has 1 rings (SSSR count). The summed E-state index contributed by atoms with van der Waals surface area (Å²) in [4.78, 5) is 3.63. The molecule has 10 heteroatoms. The summed E-state index contributed by atoms with van der Waals surface area (Å²) in [5, 5.41) is 0.384. The van der Waals surface area contributed by atoms with Gasteiger partial charge in [0.05, 0.1) is 8.07 Å². The molecule has 0 bridgehead atoms. The van der Waals surface area contributed by atoms with Crippen LogP contribution in [-0.2, 0) is 10.1 Å². The maximum Gasteiger partial charge on any atom is 0.534 e. The van der Waals surface area contributed by atoms with Crippen LogP contribution in [0.25, 0.3) is 0 Å². The predicted molar refractivity (Wildman–Crippen MR) is 70.5 cm³/mol. The highest BCUT2D eigenvalue weighted by Crippen LogP contribution is 2.26. The molecule has 0 fully saturated rings. The van der Waals surface area contributed by atoms with Crippen LogP contribution in [0.3, 0.4) is 0 Å². The van der Waals surface area contributed by atoms with E-state index in [1.54, 1.807) is 0 Å². The van der Waals surface area contributed by atoms with E-state index in [2.05, 4.69) is 25.1 Å². The summed E-state index contributed by atoms with van der Waals surface area (Å²) in [5.41, 5.74) is -5.47. The number of aromatic nitrogens is 1. The van der Waals surface area contributed by atoms with Gasteiger partial charge in [0, 0.05) is 15.9 Å². The maximum atomic E-state index is 12.3. The van der Waals surface area contributed by atoms with Crippen molar-refractivity contribution < 1.29 is 25.8 Å². The zero-order chi connectivity index (χ0) is 15.1. The smallest absolute Gasteiger partial charge is 0.355 e. The minimum atomic E-state index is -5.70. The molecule has 1 aromatic rings. The molecule has 0 aromatic carbocycles. The number of hydrogen-bond donors (Lipinski definition) is 0. The van der Waals surface area contributed by atoms with Gasteiger partial charge in [0.2, 0.25) is 5.88 Å². The number of alkyl halides is 3. The largest absolute Gasteiger partial charge is 0.534 e. The van der Waals surface area contributed by atoms with E-state index >= 15 is 0 Å². The van der Waals surface area contributed by atoms with E-state index in [4.69, 9.17) is 0 Å². The van der Waals surface area contributed by atoms with Gasteiger partial charge in [-0.2, -0.15) is 21.6 Å². The Bertz CT molecular complexity index is 583. The first-order valence-corrected chi connectivity index (χ1v) is 10.7. The molecule has 0 saturated carbocycles. The second-order valence-electron chi connectivity index (χ2n) is 4.74. The molecule has 0 radical (unpaired) electrons. The van der Waals surface area contributed by atoms with Crippen LogP contribution in [0.5, 0.6) is 5.88 Å². The Hall–Kier alpha value is -0.613. The zero-order valence-electron chi connectivity index (χ0n) is 10.2. The van der Waals surface area contributed by atoms with Crippen molar-refractivity contribution in [2.75, 3.05) is 0 Å². The first-order valence-electron chi connectivity index (χ1n) is 5.01. The standard InChI is InChI=1S/C9H11BrF3NO3SSi/c1-19(2,3)7-4-6(10)5-14-8(7)17-18(15,16)9(11,12)13/h4-5H,1-3H3. The van der Waals surface area contributed by atoms with Crippen molar-refractivity contribution in [3.05, 3.63) is 16.7 Å². The van der Waals surface area contributed by atoms with Gasteiger partial charge in [0.1, 0.15) is 0 Å². The maximum absolute atomic E-state index is 12.3. The Kier molecular flexibility index (Phi) is 4.38. The van der Waals surface area contributed by atoms with Crippen LogP contribution in [0.15, 0.2) is 16.7 Å². The Labute approximate surface area is 118 Å². The average molecular weight is 378 g/mol. The van der Waals surface area contributed by atoms with Gasteiger partial charge in [-0.15, -0.1) is 0 Å². The number of pyridine rings is 1. The minimum Gasteiger partial charge on any atom is -0.355 e. The molecule has 0 amide bonds. The molecule has 108 valence electrons. The lowest BCUT2D eigenvalue weighted by molar-refractivity contribution is -0.0501. The van der Waals surface area contributed by atoms with Crippen LogP contribution < -0.4 is 9.37 Å². The van der Waals surface area contributed by atoms with E-state index in [-0.39, 0.29) is 0 Å². The summed E-state index contributed by atoms with van der Waals surface area (Å²) in [6.07, 6.45) is 1.19. The van der Waals surface area contributed by atoms with Crippen molar-refractivity contribution in [1.29, 1.82) is 0 Å². The fourth-order valence-corrected chi connectivity index (χ4v) is 3.58. The highest BCUT2D eigenvalue weighted by atomic mass is 79.9. The molecule has 19 heavy (non-hydrogen) atoms. The molecule has 0 saturated heterocycles. The molecule has 4 nitrogen and oxygen atoms in total. The number of halogens is 4. The number of rotatable bonds is 3. The van der Waals surface area contributed by atoms with E-state index in [0.717, 1.165) is 0 Å². The van der Waals surface area contributed by atoms with Gasteiger partial charge in [-0.3, -0.25) is 0 Å². The Morgan fingerprint density at radius 3 is 2.26 bits per heavy atom. The third kappa shape index (κ3) is 3.92. The molecule has 0 unspecified atom stereocenters. The summed E-state index contributed by atoms with van der Waals surface area (Å²) in [7, 11) is -7.82. The van der Waals surface area contributed by atoms with Crippen LogP contribution in [0, 0.1) is 0 Å². The lowest BCUT2D eigenvalue weighted by Gasteiger charge is -2.20. The highest BCUT2D eigenvalue weighted by molar-refractivity contribution is 9.10. The minimum absolute atomic E-state index is 0.384. The zero-order valence-corrected chi connectivity index (χ0v) is 13.6. The molecular weight excluding hydrogens is 367 g/mol. The van der Waals surface area contributed by atoms with Gasteiger partial charge in [0.25, 0.3) is 0 Å². The van der Waals surface area contributed by atoms with E-state index in [1.165, 1.54) is 12.3 Å². The van der Waals surface area contributed by atoms with Crippen molar-refractivity contribution in [1.82, 2.24) is 4.98 Å². The summed E-state index contributed by atoms with van der Waals surface area (Å²) in [6.45, 7) is 5.51. The Morgan fingerprint density at radius 1 is 1.32 bits per heavy atom. The summed E-state index contributed by atoms with van der Waals surface area (Å²) in [5.74, 6) is -0.514. The number of nitrogens with zero attached hydrogens (tertiary/aromatic N) is 1. The van der Waals surface area contributed by atoms with Crippen molar-refractivity contribution >= 4 is 39.3 Å². The molecule has 0 aliphatic heterocycles. The Morgan fingerprint density at radius 2 is 1.84 bits per heavy atom. The van der Waals surface area contributed by atoms with Gasteiger partial charge in [0.15, 0.2) is 0 Å². The van der Waals surface area contributed by atoms with E-state index in [0.29, 0.717) is 9.66 Å². The van der Waals surface area contributed by atoms with E-state index in [1.807, 2.05) is 19.6 Å². The van der Waals surface area contributed by atoms with Crippen molar-refractivity contribution in [3.63, 3.8) is 0 Å². The van der Waals surface area contributed by atoms with E-state index < -0.39 is 29.6 Å². The van der Waals surface area contributed by atoms with Crippen LogP contribution in [0.2, 0.25) is 19.6 Å². The molecule has 1 aromatic heterocycles. The van der Waals surface area contributed by atoms with Crippen molar-refractivity contribution in [3.8, 4) is 5.88 Å². The van der Waals surface area contributed by atoms with Crippen LogP contribution >= 0.6 is 15.9 Å². The van der Waals surface area contributed by atoms with E-state index in [9.17, 15) is 21.6 Å². The van der Waals surface area contributed by atoms with Crippen LogP contribution in [0.1, 0.15) is 0 Å². The summed E-state index contributed by atoms with van der Waals surface area (Å²) < 4.78 is 63.5. The lowest BCUT2D eigenvalue weighted by Crippen LogP contribution is -2.41. The summed E-state index contributed by atoms with van der Waals surface area (Å²) >= 11 is 3.14. The predicted octanol–water partition coefficient (Wildman–Crippen LogP) is 2.62. The monoisotopic (exact) mass is 377 g/mol. The van der Waals surface area contributed by atoms with Crippen molar-refractivity contribution in [2.24, 2.45) is 0 Å². The second kappa shape index (κ2) is 5.06. The topological polar surface area (TPSA) is 56.3 Å². The SMILES string of the molecule is C[Si](C)(C)c1cc(Br)cnc1OS(=O)(=O)C(F)(F)F. The highest BCUT2D eigenvalue weighted by Gasteiger charge is 2.49. The molecule has 0 atom stereocenters. The van der Waals surface area contributed by atoms with Gasteiger partial charge in [-0.25, -0.2) is 4.98 Å². The molecule has 0 aliphatic carbocycles. The van der Waals surface area contributed by atoms with Gasteiger partial charge in [-0.05, 0) is 22.0 Å². The van der Waals surface area contributed by atoms with Gasteiger partial charge >= 0.3 is 15.6 Å². The molecule has 0 aliphatic rings. The quantitative estimate of drug-likeness (QED) is 0.461. The number of hydrogen-bond acceptors (Lipinski definition) is 4. The second-order valence-corrected chi connectivity index (χ2v) is 12.2. The Balaban J connectivity index is 3.31. The third-order valence-corrected chi connectivity index (χ3v) is 5.45. The molecule has 0 N–H and O–H groups in total. The normalized spacial score (nSPS) is 13.4. The molecule has 0 spiro atoms. The first kappa shape index (κ1) is 16.4. The van der Waals surface area contributed by atoms with Crippen molar-refractivity contribution in [2.45, 2.75) is 25.1 Å². The average Bonchev–Trinajstić information content (AvgIpc) is 2.17. The lowest BCUT2D eigenvalue weighted by atomic mass is 10.5. The molecule has 1 heterocycles. The fourth-order valence-electron chi connectivity index (χ4n) is 1.18. The summed E-state index contributed by atoms with van der Waals surface area (Å²) in [6, 6.07) is 1.53. The third-order valence-electron chi connectivity index (χ3n) is 2.10. The van der Waals surface area contributed by atoms with Crippen LogP contribution in [-0.4, -0.2) is 27.0 Å².